The number of aryl methyl sites for hydroxylation is 2. The number of halogens is 1. The molecule has 0 spiro atoms. The fourth-order valence-corrected chi connectivity index (χ4v) is 4.36. The van der Waals surface area contributed by atoms with Crippen molar-refractivity contribution < 1.29 is 8.42 Å². The molecule has 0 aliphatic rings. The van der Waals surface area contributed by atoms with Crippen molar-refractivity contribution >= 4 is 39.1 Å². The molecule has 1 N–H and O–H groups in total. The molecule has 1 heterocycles. The molecule has 0 unspecified atom stereocenters. The number of pyridine rings is 1. The third kappa shape index (κ3) is 4.58. The number of benzene rings is 2. The number of hydrogen-bond donors (Lipinski definition) is 1. The van der Waals surface area contributed by atoms with Crippen molar-refractivity contribution in [3.05, 3.63) is 77.1 Å². The van der Waals surface area contributed by atoms with Crippen LogP contribution in [0.1, 0.15) is 11.1 Å². The summed E-state index contributed by atoms with van der Waals surface area (Å²) in [4.78, 5) is 6.08. The minimum Gasteiger partial charge on any atom is -0.280 e. The van der Waals surface area contributed by atoms with Gasteiger partial charge in [0.15, 0.2) is 0 Å². The van der Waals surface area contributed by atoms with Crippen molar-refractivity contribution in [2.45, 2.75) is 28.5 Å². The molecule has 0 amide bonds. The van der Waals surface area contributed by atoms with Gasteiger partial charge in [0.05, 0.1) is 0 Å². The van der Waals surface area contributed by atoms with E-state index < -0.39 is 10.0 Å². The summed E-state index contributed by atoms with van der Waals surface area (Å²) in [7, 11) is -3.69. The van der Waals surface area contributed by atoms with Gasteiger partial charge in [0.25, 0.3) is 10.0 Å². The highest BCUT2D eigenvalue weighted by molar-refractivity contribution is 7.99. The van der Waals surface area contributed by atoms with Gasteiger partial charge in [0.1, 0.15) is 10.0 Å². The van der Waals surface area contributed by atoms with Crippen LogP contribution in [0.5, 0.6) is 0 Å². The van der Waals surface area contributed by atoms with Crippen LogP contribution in [0.15, 0.2) is 75.5 Å². The highest BCUT2D eigenvalue weighted by Gasteiger charge is 2.14. The van der Waals surface area contributed by atoms with Gasteiger partial charge in [-0.1, -0.05) is 41.1 Å². The van der Waals surface area contributed by atoms with E-state index in [2.05, 4.69) is 41.8 Å². The fourth-order valence-electron chi connectivity index (χ4n) is 2.37. The van der Waals surface area contributed by atoms with E-state index in [1.54, 1.807) is 23.9 Å². The van der Waals surface area contributed by atoms with Crippen molar-refractivity contribution in [1.82, 2.24) is 4.98 Å². The Bertz CT molecular complexity index is 1020. The lowest BCUT2D eigenvalue weighted by molar-refractivity contribution is 0.601. The first-order valence-electron chi connectivity index (χ1n) is 7.83. The van der Waals surface area contributed by atoms with Crippen molar-refractivity contribution in [3.8, 4) is 0 Å². The maximum atomic E-state index is 12.4. The molecule has 1 aromatic heterocycles. The summed E-state index contributed by atoms with van der Waals surface area (Å²) in [6, 6.07) is 16.5. The second-order valence-corrected chi connectivity index (χ2v) is 9.00. The molecule has 4 nitrogen and oxygen atoms in total. The number of hydrogen-bond acceptors (Lipinski definition) is 4. The first kappa shape index (κ1) is 18.8. The average molecular weight is 405 g/mol. The largest absolute Gasteiger partial charge is 0.280 e. The quantitative estimate of drug-likeness (QED) is 0.586. The summed E-state index contributed by atoms with van der Waals surface area (Å²) < 4.78 is 27.3. The molecule has 0 bridgehead atoms. The van der Waals surface area contributed by atoms with Gasteiger partial charge in [-0.3, -0.25) is 4.72 Å². The van der Waals surface area contributed by atoms with Gasteiger partial charge in [-0.25, -0.2) is 13.4 Å². The topological polar surface area (TPSA) is 59.1 Å². The number of aromatic nitrogens is 1. The van der Waals surface area contributed by atoms with E-state index in [1.165, 1.54) is 34.4 Å². The first-order chi connectivity index (χ1) is 12.3. The Kier molecular flexibility index (Phi) is 5.55. The van der Waals surface area contributed by atoms with Crippen LogP contribution in [0, 0.1) is 13.8 Å². The Morgan fingerprint density at radius 3 is 2.35 bits per heavy atom. The zero-order valence-corrected chi connectivity index (χ0v) is 16.6. The summed E-state index contributed by atoms with van der Waals surface area (Å²) in [6.07, 6.45) is 1.23. The standard InChI is InChI=1S/C19H17ClN2O2S2/c1-13-3-9-18(14(2)11-13)25-16-6-4-15(5-7-16)22-26(23,24)17-8-10-19(20)21-12-17/h3-12,22H,1-2H3. The van der Waals surface area contributed by atoms with E-state index in [4.69, 9.17) is 11.6 Å². The van der Waals surface area contributed by atoms with Crippen LogP contribution >= 0.6 is 23.4 Å². The third-order valence-electron chi connectivity index (χ3n) is 3.68. The number of nitrogens with one attached hydrogen (secondary N) is 1. The summed E-state index contributed by atoms with van der Waals surface area (Å²) >= 11 is 7.34. The van der Waals surface area contributed by atoms with E-state index in [9.17, 15) is 8.42 Å². The highest BCUT2D eigenvalue weighted by atomic mass is 35.5. The monoisotopic (exact) mass is 404 g/mol. The Morgan fingerprint density at radius 1 is 1.00 bits per heavy atom. The molecule has 2 aromatic carbocycles. The van der Waals surface area contributed by atoms with Crippen LogP contribution in [0.25, 0.3) is 0 Å². The van der Waals surface area contributed by atoms with Gasteiger partial charge in [0.2, 0.25) is 0 Å². The van der Waals surface area contributed by atoms with Gasteiger partial charge in [-0.05, 0) is 61.9 Å². The molecule has 0 saturated carbocycles. The lowest BCUT2D eigenvalue weighted by Gasteiger charge is -2.10. The van der Waals surface area contributed by atoms with E-state index in [-0.39, 0.29) is 10.0 Å². The lowest BCUT2D eigenvalue weighted by atomic mass is 10.2. The van der Waals surface area contributed by atoms with Gasteiger partial charge in [0, 0.05) is 21.7 Å². The maximum absolute atomic E-state index is 12.4. The van der Waals surface area contributed by atoms with Gasteiger partial charge >= 0.3 is 0 Å². The highest BCUT2D eigenvalue weighted by Crippen LogP contribution is 2.31. The van der Waals surface area contributed by atoms with E-state index >= 15 is 0 Å². The molecule has 0 saturated heterocycles. The Morgan fingerprint density at radius 2 is 1.73 bits per heavy atom. The maximum Gasteiger partial charge on any atom is 0.263 e. The molecule has 0 aliphatic carbocycles. The van der Waals surface area contributed by atoms with Crippen LogP contribution in [-0.4, -0.2) is 13.4 Å². The second kappa shape index (κ2) is 7.70. The molecule has 26 heavy (non-hydrogen) atoms. The predicted octanol–water partition coefficient (Wildman–Crippen LogP) is 5.30. The first-order valence-corrected chi connectivity index (χ1v) is 10.5. The van der Waals surface area contributed by atoms with Crippen LogP contribution in [0.3, 0.4) is 0 Å². The van der Waals surface area contributed by atoms with Crippen LogP contribution in [0.2, 0.25) is 5.15 Å². The Labute approximate surface area is 162 Å². The van der Waals surface area contributed by atoms with E-state index in [0.717, 1.165) is 4.90 Å². The zero-order valence-electron chi connectivity index (χ0n) is 14.2. The number of sulfonamides is 1. The molecule has 134 valence electrons. The number of nitrogens with zero attached hydrogens (tertiary/aromatic N) is 1. The molecule has 0 fully saturated rings. The Hall–Kier alpha value is -2.02. The van der Waals surface area contributed by atoms with Crippen LogP contribution in [0.4, 0.5) is 5.69 Å². The SMILES string of the molecule is Cc1ccc(Sc2ccc(NS(=O)(=O)c3ccc(Cl)nc3)cc2)c(C)c1. The molecular weight excluding hydrogens is 388 g/mol. The summed E-state index contributed by atoms with van der Waals surface area (Å²) in [5.41, 5.74) is 2.94. The van der Waals surface area contributed by atoms with Crippen molar-refractivity contribution in [1.29, 1.82) is 0 Å². The summed E-state index contributed by atoms with van der Waals surface area (Å²) in [5.74, 6) is 0. The zero-order chi connectivity index (χ0) is 18.7. The third-order valence-corrected chi connectivity index (χ3v) is 6.45. The number of rotatable bonds is 5. The smallest absolute Gasteiger partial charge is 0.263 e. The predicted molar refractivity (Wildman–Crippen MR) is 107 cm³/mol. The van der Waals surface area contributed by atoms with Crippen LogP contribution < -0.4 is 4.72 Å². The van der Waals surface area contributed by atoms with Crippen molar-refractivity contribution in [2.75, 3.05) is 4.72 Å². The van der Waals surface area contributed by atoms with E-state index in [1.807, 2.05) is 12.1 Å². The Balaban J connectivity index is 1.74. The summed E-state index contributed by atoms with van der Waals surface area (Å²) in [6.45, 7) is 4.15. The molecule has 0 aliphatic heterocycles. The summed E-state index contributed by atoms with van der Waals surface area (Å²) in [5, 5.41) is 0.247. The second-order valence-electron chi connectivity index (χ2n) is 5.82. The minimum absolute atomic E-state index is 0.0654. The molecule has 3 aromatic rings. The molecular formula is C19H17ClN2O2S2. The van der Waals surface area contributed by atoms with Crippen LogP contribution in [-0.2, 0) is 10.0 Å². The average Bonchev–Trinajstić information content (AvgIpc) is 2.59. The van der Waals surface area contributed by atoms with Crippen molar-refractivity contribution in [3.63, 3.8) is 0 Å². The van der Waals surface area contributed by atoms with E-state index in [0.29, 0.717) is 5.69 Å². The van der Waals surface area contributed by atoms with Crippen molar-refractivity contribution in [2.24, 2.45) is 0 Å². The normalized spacial score (nSPS) is 11.3. The molecule has 3 rings (SSSR count). The number of anilines is 1. The molecule has 0 radical (unpaired) electrons. The minimum atomic E-state index is -3.69. The molecule has 0 atom stereocenters. The van der Waals surface area contributed by atoms with Gasteiger partial charge < -0.3 is 0 Å². The lowest BCUT2D eigenvalue weighted by Crippen LogP contribution is -2.13. The van der Waals surface area contributed by atoms with Gasteiger partial charge in [-0.2, -0.15) is 0 Å². The molecule has 7 heteroatoms. The fraction of sp³-hybridized carbons (Fsp3) is 0.105. The van der Waals surface area contributed by atoms with Gasteiger partial charge in [-0.15, -0.1) is 0 Å².